The summed E-state index contributed by atoms with van der Waals surface area (Å²) in [5, 5.41) is 3.57. The number of carbonyl (C=O) groups excluding carboxylic acids is 1. The van der Waals surface area contributed by atoms with Crippen molar-refractivity contribution in [2.75, 3.05) is 6.54 Å². The molecule has 158 valence electrons. The number of nitrogens with one attached hydrogen (secondary N) is 1. The molecule has 1 N–H and O–H groups in total. The second kappa shape index (κ2) is 9.27. The maximum atomic E-state index is 13.1. The first-order valence-electron chi connectivity index (χ1n) is 10.4. The van der Waals surface area contributed by atoms with E-state index in [-0.39, 0.29) is 23.9 Å². The molecule has 4 aromatic rings. The van der Waals surface area contributed by atoms with Gasteiger partial charge in [-0.25, -0.2) is 4.98 Å². The number of thiophene rings is 1. The summed E-state index contributed by atoms with van der Waals surface area (Å²) >= 11 is 1.51. The van der Waals surface area contributed by atoms with Crippen molar-refractivity contribution in [3.05, 3.63) is 88.5 Å². The van der Waals surface area contributed by atoms with Gasteiger partial charge in [-0.3, -0.25) is 14.2 Å². The molecule has 0 saturated heterocycles. The van der Waals surface area contributed by atoms with Crippen LogP contribution in [0.4, 0.5) is 0 Å². The molecule has 0 saturated carbocycles. The summed E-state index contributed by atoms with van der Waals surface area (Å²) < 4.78 is 1.40. The van der Waals surface area contributed by atoms with Crippen molar-refractivity contribution in [1.82, 2.24) is 14.9 Å². The molecule has 5 nitrogen and oxygen atoms in total. The molecule has 0 radical (unpaired) electrons. The Morgan fingerprint density at radius 1 is 1.10 bits per heavy atom. The molecule has 0 aliphatic heterocycles. The first-order valence-corrected chi connectivity index (χ1v) is 11.3. The highest BCUT2D eigenvalue weighted by atomic mass is 32.1. The second-order valence-corrected chi connectivity index (χ2v) is 8.60. The van der Waals surface area contributed by atoms with Crippen LogP contribution in [0.3, 0.4) is 0 Å². The zero-order chi connectivity index (χ0) is 21.8. The number of carbonyl (C=O) groups is 1. The number of amides is 1. The van der Waals surface area contributed by atoms with Crippen molar-refractivity contribution in [1.29, 1.82) is 0 Å². The van der Waals surface area contributed by atoms with Crippen LogP contribution in [-0.4, -0.2) is 22.0 Å². The van der Waals surface area contributed by atoms with Crippen LogP contribution in [0.25, 0.3) is 20.7 Å². The van der Waals surface area contributed by atoms with Crippen molar-refractivity contribution < 1.29 is 4.79 Å². The van der Waals surface area contributed by atoms with Crippen molar-refractivity contribution >= 4 is 27.5 Å². The minimum absolute atomic E-state index is 0.0387. The normalized spacial score (nSPS) is 12.1. The molecular formula is C25H25N3O2S. The van der Waals surface area contributed by atoms with E-state index in [9.17, 15) is 9.59 Å². The van der Waals surface area contributed by atoms with E-state index in [1.165, 1.54) is 27.8 Å². The van der Waals surface area contributed by atoms with Crippen LogP contribution in [-0.2, 0) is 11.3 Å². The summed E-state index contributed by atoms with van der Waals surface area (Å²) in [5.74, 6) is 0.0591. The lowest BCUT2D eigenvalue weighted by Gasteiger charge is -2.16. The fourth-order valence-corrected chi connectivity index (χ4v) is 4.95. The lowest BCUT2D eigenvalue weighted by molar-refractivity contribution is -0.121. The van der Waals surface area contributed by atoms with Gasteiger partial charge >= 0.3 is 0 Å². The van der Waals surface area contributed by atoms with Crippen LogP contribution in [0.2, 0.25) is 0 Å². The second-order valence-electron chi connectivity index (χ2n) is 7.60. The minimum Gasteiger partial charge on any atom is -0.354 e. The van der Waals surface area contributed by atoms with Gasteiger partial charge in [0.25, 0.3) is 5.56 Å². The van der Waals surface area contributed by atoms with Crippen molar-refractivity contribution in [3.8, 4) is 10.4 Å². The van der Waals surface area contributed by atoms with Crippen LogP contribution in [0.1, 0.15) is 30.4 Å². The Balaban J connectivity index is 1.52. The summed E-state index contributed by atoms with van der Waals surface area (Å²) in [6, 6.07) is 20.1. The average molecular weight is 432 g/mol. The fourth-order valence-electron chi connectivity index (χ4n) is 3.81. The highest BCUT2D eigenvalue weighted by Crippen LogP contribution is 2.35. The Morgan fingerprint density at radius 3 is 2.45 bits per heavy atom. The van der Waals surface area contributed by atoms with Crippen LogP contribution >= 0.6 is 11.3 Å². The molecule has 6 heteroatoms. The van der Waals surface area contributed by atoms with Crippen LogP contribution in [0.15, 0.2) is 71.8 Å². The molecule has 0 aliphatic rings. The summed E-state index contributed by atoms with van der Waals surface area (Å²) in [4.78, 5) is 31.9. The summed E-state index contributed by atoms with van der Waals surface area (Å²) in [6.45, 7) is 4.55. The Hall–Kier alpha value is -3.25. The number of hydrogen-bond donors (Lipinski definition) is 1. The van der Waals surface area contributed by atoms with Gasteiger partial charge in [0, 0.05) is 17.3 Å². The number of rotatable bonds is 7. The Morgan fingerprint density at radius 2 is 1.77 bits per heavy atom. The van der Waals surface area contributed by atoms with E-state index in [0.29, 0.717) is 16.8 Å². The van der Waals surface area contributed by atoms with E-state index in [4.69, 9.17) is 0 Å². The molecule has 0 bridgehead atoms. The maximum Gasteiger partial charge on any atom is 0.262 e. The van der Waals surface area contributed by atoms with Crippen molar-refractivity contribution in [2.45, 2.75) is 32.7 Å². The van der Waals surface area contributed by atoms with E-state index in [1.54, 1.807) is 0 Å². The first kappa shape index (κ1) is 21.0. The van der Waals surface area contributed by atoms with Gasteiger partial charge in [0.05, 0.1) is 11.7 Å². The highest BCUT2D eigenvalue weighted by molar-refractivity contribution is 7.22. The van der Waals surface area contributed by atoms with E-state index in [0.717, 1.165) is 22.4 Å². The zero-order valence-corrected chi connectivity index (χ0v) is 18.5. The third kappa shape index (κ3) is 4.44. The molecule has 4 rings (SSSR count). The van der Waals surface area contributed by atoms with E-state index < -0.39 is 0 Å². The maximum absolute atomic E-state index is 13.1. The predicted octanol–water partition coefficient (Wildman–Crippen LogP) is 4.74. The largest absolute Gasteiger partial charge is 0.354 e. The Labute approximate surface area is 185 Å². The molecule has 1 atom stereocenters. The standard InChI is InChI=1S/C25H25N3O2S/c1-3-18(19-10-6-4-7-11-19)14-26-21(29)15-28-16-27-24-22(25(28)30)17(2)23(31-24)20-12-8-5-9-13-20/h4-13,16,18H,3,14-15H2,1-2H3,(H,26,29)/t18-/m0/s1. The fraction of sp³-hybridized carbons (Fsp3) is 0.240. The number of fused-ring (bicyclic) bond motifs is 1. The molecule has 0 unspecified atom stereocenters. The quantitative estimate of drug-likeness (QED) is 0.460. The molecule has 31 heavy (non-hydrogen) atoms. The lowest BCUT2D eigenvalue weighted by Crippen LogP contribution is -2.34. The van der Waals surface area contributed by atoms with Gasteiger partial charge < -0.3 is 5.32 Å². The molecule has 2 aromatic heterocycles. The predicted molar refractivity (Wildman–Crippen MR) is 127 cm³/mol. The summed E-state index contributed by atoms with van der Waals surface area (Å²) in [5.41, 5.74) is 3.01. The van der Waals surface area contributed by atoms with Crippen LogP contribution in [0, 0.1) is 6.92 Å². The third-order valence-corrected chi connectivity index (χ3v) is 6.83. The van der Waals surface area contributed by atoms with E-state index >= 15 is 0 Å². The monoisotopic (exact) mass is 431 g/mol. The van der Waals surface area contributed by atoms with E-state index in [1.807, 2.05) is 55.5 Å². The van der Waals surface area contributed by atoms with Gasteiger partial charge in [-0.05, 0) is 30.0 Å². The first-order chi connectivity index (χ1) is 15.1. The van der Waals surface area contributed by atoms with Gasteiger partial charge in [0.1, 0.15) is 11.4 Å². The van der Waals surface area contributed by atoms with Gasteiger partial charge in [-0.2, -0.15) is 0 Å². The molecule has 2 aromatic carbocycles. The Bertz CT molecular complexity index is 1250. The summed E-state index contributed by atoms with van der Waals surface area (Å²) in [7, 11) is 0. The highest BCUT2D eigenvalue weighted by Gasteiger charge is 2.17. The van der Waals surface area contributed by atoms with Crippen molar-refractivity contribution in [3.63, 3.8) is 0 Å². The molecule has 0 spiro atoms. The van der Waals surface area contributed by atoms with Gasteiger partial charge in [0.15, 0.2) is 0 Å². The third-order valence-electron chi connectivity index (χ3n) is 5.58. The number of benzene rings is 2. The number of aromatic nitrogens is 2. The van der Waals surface area contributed by atoms with Crippen molar-refractivity contribution in [2.24, 2.45) is 0 Å². The molecule has 0 fully saturated rings. The van der Waals surface area contributed by atoms with Gasteiger partial charge in [-0.1, -0.05) is 67.6 Å². The van der Waals surface area contributed by atoms with Crippen LogP contribution in [0.5, 0.6) is 0 Å². The molecule has 2 heterocycles. The smallest absolute Gasteiger partial charge is 0.262 e. The van der Waals surface area contributed by atoms with Gasteiger partial charge in [-0.15, -0.1) is 11.3 Å². The SMILES string of the molecule is CC[C@@H](CNC(=O)Cn1cnc2sc(-c3ccccc3)c(C)c2c1=O)c1ccccc1. The van der Waals surface area contributed by atoms with Crippen LogP contribution < -0.4 is 10.9 Å². The molecule has 0 aliphatic carbocycles. The van der Waals surface area contributed by atoms with E-state index in [2.05, 4.69) is 29.4 Å². The number of aryl methyl sites for hydroxylation is 1. The number of hydrogen-bond acceptors (Lipinski definition) is 4. The summed E-state index contributed by atoms with van der Waals surface area (Å²) in [6.07, 6.45) is 2.40. The molecular weight excluding hydrogens is 406 g/mol. The van der Waals surface area contributed by atoms with Gasteiger partial charge in [0.2, 0.25) is 5.91 Å². The zero-order valence-electron chi connectivity index (χ0n) is 17.7. The lowest BCUT2D eigenvalue weighted by atomic mass is 9.96. The molecule has 1 amide bonds. The topological polar surface area (TPSA) is 64.0 Å². The average Bonchev–Trinajstić information content (AvgIpc) is 3.14. The Kier molecular flexibility index (Phi) is 6.28. The number of nitrogens with zero attached hydrogens (tertiary/aromatic N) is 2. The minimum atomic E-state index is -0.186.